The maximum absolute atomic E-state index is 11.6. The molecule has 0 fully saturated rings. The third-order valence-electron chi connectivity index (χ3n) is 3.36. The van der Waals surface area contributed by atoms with Gasteiger partial charge in [0.25, 0.3) is 0 Å². The molecule has 0 radical (unpaired) electrons. The zero-order valence-electron chi connectivity index (χ0n) is 13.5. The number of nitrogens with zero attached hydrogens (tertiary/aromatic N) is 1. The van der Waals surface area contributed by atoms with Gasteiger partial charge in [0.2, 0.25) is 0 Å². The SMILES string of the molecule is COC(=O)CCCCCCCC(=O)OCc1ccc(C)nc1. The summed E-state index contributed by atoms with van der Waals surface area (Å²) >= 11 is 0. The van der Waals surface area contributed by atoms with E-state index in [2.05, 4.69) is 9.72 Å². The summed E-state index contributed by atoms with van der Waals surface area (Å²) in [7, 11) is 1.40. The van der Waals surface area contributed by atoms with E-state index in [1.54, 1.807) is 6.20 Å². The molecule has 0 bridgehead atoms. The van der Waals surface area contributed by atoms with Crippen molar-refractivity contribution in [3.8, 4) is 0 Å². The number of hydrogen-bond acceptors (Lipinski definition) is 5. The Morgan fingerprint density at radius 2 is 1.64 bits per heavy atom. The number of aromatic nitrogens is 1. The summed E-state index contributed by atoms with van der Waals surface area (Å²) in [6.07, 6.45) is 7.29. The smallest absolute Gasteiger partial charge is 0.306 e. The number of ether oxygens (including phenoxy) is 2. The highest BCUT2D eigenvalue weighted by atomic mass is 16.5. The molecule has 0 unspecified atom stereocenters. The molecule has 5 nitrogen and oxygen atoms in total. The van der Waals surface area contributed by atoms with Crippen molar-refractivity contribution in [3.05, 3.63) is 29.6 Å². The van der Waals surface area contributed by atoms with E-state index in [0.29, 0.717) is 12.8 Å². The van der Waals surface area contributed by atoms with Crippen LogP contribution in [0.25, 0.3) is 0 Å². The predicted octanol–water partition coefficient (Wildman–Crippen LogP) is 3.34. The Morgan fingerprint density at radius 1 is 1.00 bits per heavy atom. The van der Waals surface area contributed by atoms with E-state index in [-0.39, 0.29) is 18.5 Å². The van der Waals surface area contributed by atoms with E-state index >= 15 is 0 Å². The van der Waals surface area contributed by atoms with Gasteiger partial charge in [0.1, 0.15) is 6.61 Å². The first-order chi connectivity index (χ1) is 10.6. The van der Waals surface area contributed by atoms with Crippen molar-refractivity contribution in [1.82, 2.24) is 4.98 Å². The van der Waals surface area contributed by atoms with Gasteiger partial charge in [-0.1, -0.05) is 25.3 Å². The van der Waals surface area contributed by atoms with E-state index in [4.69, 9.17) is 4.74 Å². The molecule has 0 atom stereocenters. The molecule has 5 heteroatoms. The van der Waals surface area contributed by atoms with E-state index in [9.17, 15) is 9.59 Å². The molecule has 0 aliphatic carbocycles. The van der Waals surface area contributed by atoms with Gasteiger partial charge in [-0.3, -0.25) is 14.6 Å². The van der Waals surface area contributed by atoms with E-state index in [0.717, 1.165) is 43.4 Å². The van der Waals surface area contributed by atoms with Crippen molar-refractivity contribution in [1.29, 1.82) is 0 Å². The molecule has 0 aliphatic rings. The number of methoxy groups -OCH3 is 1. The minimum absolute atomic E-state index is 0.158. The fraction of sp³-hybridized carbons (Fsp3) is 0.588. The molecular weight excluding hydrogens is 282 g/mol. The Bertz CT molecular complexity index is 456. The van der Waals surface area contributed by atoms with Crippen LogP contribution in [0.3, 0.4) is 0 Å². The van der Waals surface area contributed by atoms with Gasteiger partial charge < -0.3 is 9.47 Å². The Morgan fingerprint density at radius 3 is 2.23 bits per heavy atom. The number of hydrogen-bond donors (Lipinski definition) is 0. The third-order valence-corrected chi connectivity index (χ3v) is 3.36. The number of esters is 2. The van der Waals surface area contributed by atoms with Gasteiger partial charge >= 0.3 is 11.9 Å². The molecule has 0 N–H and O–H groups in total. The topological polar surface area (TPSA) is 65.5 Å². The maximum Gasteiger partial charge on any atom is 0.306 e. The first-order valence-electron chi connectivity index (χ1n) is 7.76. The van der Waals surface area contributed by atoms with E-state index < -0.39 is 0 Å². The molecule has 1 rings (SSSR count). The zero-order chi connectivity index (χ0) is 16.2. The third kappa shape index (κ3) is 8.39. The molecule has 0 spiro atoms. The molecule has 22 heavy (non-hydrogen) atoms. The summed E-state index contributed by atoms with van der Waals surface area (Å²) in [6.45, 7) is 2.20. The number of aryl methyl sites for hydroxylation is 1. The lowest BCUT2D eigenvalue weighted by Crippen LogP contribution is -2.04. The van der Waals surface area contributed by atoms with Crippen LogP contribution in [-0.4, -0.2) is 24.0 Å². The highest BCUT2D eigenvalue weighted by Gasteiger charge is 2.04. The van der Waals surface area contributed by atoms with Crippen molar-refractivity contribution in [2.75, 3.05) is 7.11 Å². The highest BCUT2D eigenvalue weighted by molar-refractivity contribution is 5.69. The second kappa shape index (κ2) is 10.8. The van der Waals surface area contributed by atoms with Crippen LogP contribution in [-0.2, 0) is 25.7 Å². The Labute approximate surface area is 132 Å². The summed E-state index contributed by atoms with van der Waals surface area (Å²) in [5.74, 6) is -0.329. The van der Waals surface area contributed by atoms with Gasteiger partial charge in [-0.25, -0.2) is 0 Å². The summed E-state index contributed by atoms with van der Waals surface area (Å²) < 4.78 is 9.78. The summed E-state index contributed by atoms with van der Waals surface area (Å²) in [4.78, 5) is 26.7. The second-order valence-corrected chi connectivity index (χ2v) is 5.31. The van der Waals surface area contributed by atoms with Crippen molar-refractivity contribution in [3.63, 3.8) is 0 Å². The Balaban J connectivity index is 1.99. The van der Waals surface area contributed by atoms with E-state index in [1.807, 2.05) is 19.1 Å². The molecule has 0 saturated carbocycles. The quantitative estimate of drug-likeness (QED) is 0.490. The molecule has 0 saturated heterocycles. The fourth-order valence-electron chi connectivity index (χ4n) is 1.99. The molecule has 122 valence electrons. The summed E-state index contributed by atoms with van der Waals surface area (Å²) in [5, 5.41) is 0. The van der Waals surface area contributed by atoms with Crippen LogP contribution < -0.4 is 0 Å². The zero-order valence-corrected chi connectivity index (χ0v) is 13.5. The van der Waals surface area contributed by atoms with Crippen LogP contribution in [0, 0.1) is 6.92 Å². The normalized spacial score (nSPS) is 10.3. The number of pyridine rings is 1. The first kappa shape index (κ1) is 18.1. The Kier molecular flexibility index (Phi) is 8.88. The van der Waals surface area contributed by atoms with Crippen LogP contribution in [0.15, 0.2) is 18.3 Å². The summed E-state index contributed by atoms with van der Waals surface area (Å²) in [6, 6.07) is 3.81. The van der Waals surface area contributed by atoms with Crippen molar-refractivity contribution in [2.24, 2.45) is 0 Å². The van der Waals surface area contributed by atoms with Crippen LogP contribution in [0.2, 0.25) is 0 Å². The van der Waals surface area contributed by atoms with Gasteiger partial charge in [0.15, 0.2) is 0 Å². The molecule has 1 aromatic rings. The number of rotatable bonds is 10. The molecule has 0 aromatic carbocycles. The average Bonchev–Trinajstić information content (AvgIpc) is 2.53. The van der Waals surface area contributed by atoms with Crippen molar-refractivity contribution >= 4 is 11.9 Å². The molecular formula is C17H25NO4. The van der Waals surface area contributed by atoms with E-state index in [1.165, 1.54) is 7.11 Å². The van der Waals surface area contributed by atoms with Gasteiger partial charge in [-0.2, -0.15) is 0 Å². The van der Waals surface area contributed by atoms with Crippen molar-refractivity contribution in [2.45, 2.75) is 58.5 Å². The van der Waals surface area contributed by atoms with Crippen LogP contribution in [0.4, 0.5) is 0 Å². The standard InChI is InChI=1S/C17H25NO4/c1-14-10-11-15(12-18-14)13-22-17(20)9-7-5-3-4-6-8-16(19)21-2/h10-12H,3-9,13H2,1-2H3. The van der Waals surface area contributed by atoms with Crippen LogP contribution >= 0.6 is 0 Å². The molecule has 1 heterocycles. The van der Waals surface area contributed by atoms with Crippen LogP contribution in [0.5, 0.6) is 0 Å². The lowest BCUT2D eigenvalue weighted by Gasteiger charge is -2.05. The Hall–Kier alpha value is -1.91. The number of unbranched alkanes of at least 4 members (excludes halogenated alkanes) is 4. The first-order valence-corrected chi connectivity index (χ1v) is 7.76. The van der Waals surface area contributed by atoms with Crippen molar-refractivity contribution < 1.29 is 19.1 Å². The minimum Gasteiger partial charge on any atom is -0.469 e. The van der Waals surface area contributed by atoms with Gasteiger partial charge in [-0.15, -0.1) is 0 Å². The number of carbonyl (C=O) groups excluding carboxylic acids is 2. The molecule has 1 aromatic heterocycles. The lowest BCUT2D eigenvalue weighted by molar-refractivity contribution is -0.145. The minimum atomic E-state index is -0.171. The van der Waals surface area contributed by atoms with Gasteiger partial charge in [-0.05, 0) is 25.8 Å². The monoisotopic (exact) mass is 307 g/mol. The molecule has 0 amide bonds. The van der Waals surface area contributed by atoms with Gasteiger partial charge in [0, 0.05) is 30.3 Å². The van der Waals surface area contributed by atoms with Gasteiger partial charge in [0.05, 0.1) is 7.11 Å². The largest absolute Gasteiger partial charge is 0.469 e. The van der Waals surface area contributed by atoms with Crippen LogP contribution in [0.1, 0.15) is 56.2 Å². The highest BCUT2D eigenvalue weighted by Crippen LogP contribution is 2.09. The second-order valence-electron chi connectivity index (χ2n) is 5.31. The lowest BCUT2D eigenvalue weighted by atomic mass is 10.1. The predicted molar refractivity (Wildman–Crippen MR) is 83.1 cm³/mol. The molecule has 0 aliphatic heterocycles. The number of carbonyl (C=O) groups is 2. The average molecular weight is 307 g/mol. The fourth-order valence-corrected chi connectivity index (χ4v) is 1.99. The maximum atomic E-state index is 11.6. The summed E-state index contributed by atoms with van der Waals surface area (Å²) in [5.41, 5.74) is 1.85.